The fourth-order valence-electron chi connectivity index (χ4n) is 6.23. The summed E-state index contributed by atoms with van der Waals surface area (Å²) >= 11 is 0. The molecule has 10 nitrogen and oxygen atoms in total. The molecule has 1 atom stereocenters. The van der Waals surface area contributed by atoms with Crippen LogP contribution in [0.1, 0.15) is 43.4 Å². The lowest BCUT2D eigenvalue weighted by molar-refractivity contribution is -0.127. The first-order valence-electron chi connectivity index (χ1n) is 14.5. The normalized spacial score (nSPS) is 17.4. The molecule has 1 aliphatic carbocycles. The van der Waals surface area contributed by atoms with Gasteiger partial charge in [0.25, 0.3) is 0 Å². The Labute approximate surface area is 243 Å². The molecule has 1 aliphatic heterocycles. The summed E-state index contributed by atoms with van der Waals surface area (Å²) in [5.41, 5.74) is 12.2. The second-order valence-corrected chi connectivity index (χ2v) is 10.9. The van der Waals surface area contributed by atoms with Gasteiger partial charge in [-0.25, -0.2) is 19.6 Å². The number of fused-ring (bicyclic) bond motifs is 2. The molecule has 1 unspecified atom stereocenters. The average Bonchev–Trinajstić information content (AvgIpc) is 3.77. The SMILES string of the molecule is C/C=C/C(=O)N1CCC(NC2CCc3cc(-n4c(-c5cccnc5N)nc5ccc(-n6cccn6)nc54)ccc32)CC1. The molecule has 1 amide bonds. The van der Waals surface area contributed by atoms with Crippen molar-refractivity contribution in [2.75, 3.05) is 18.8 Å². The van der Waals surface area contributed by atoms with Crippen LogP contribution in [-0.2, 0) is 11.2 Å². The maximum Gasteiger partial charge on any atom is 0.246 e. The van der Waals surface area contributed by atoms with Crippen LogP contribution >= 0.6 is 0 Å². The first-order chi connectivity index (χ1) is 20.6. The van der Waals surface area contributed by atoms with Crippen molar-refractivity contribution in [2.24, 2.45) is 0 Å². The number of anilines is 1. The van der Waals surface area contributed by atoms with Gasteiger partial charge in [0, 0.05) is 49.5 Å². The summed E-state index contributed by atoms with van der Waals surface area (Å²) in [7, 11) is 0. The number of nitrogens with one attached hydrogen (secondary N) is 1. The van der Waals surface area contributed by atoms with Gasteiger partial charge in [-0.15, -0.1) is 0 Å². The number of carbonyl (C=O) groups is 1. The van der Waals surface area contributed by atoms with Crippen molar-refractivity contribution in [2.45, 2.75) is 44.7 Å². The number of rotatable bonds is 6. The Balaban J connectivity index is 1.21. The van der Waals surface area contributed by atoms with Gasteiger partial charge in [0.15, 0.2) is 17.3 Å². The van der Waals surface area contributed by atoms with E-state index < -0.39 is 0 Å². The molecule has 5 heterocycles. The molecule has 3 N–H and O–H groups in total. The molecule has 0 saturated carbocycles. The quantitative estimate of drug-likeness (QED) is 0.296. The van der Waals surface area contributed by atoms with Crippen LogP contribution in [0.25, 0.3) is 34.1 Å². The van der Waals surface area contributed by atoms with Crippen LogP contribution in [0, 0.1) is 0 Å². The largest absolute Gasteiger partial charge is 0.383 e. The van der Waals surface area contributed by atoms with Crippen molar-refractivity contribution in [3.63, 3.8) is 0 Å². The molecule has 0 radical (unpaired) electrons. The van der Waals surface area contributed by atoms with E-state index in [1.54, 1.807) is 23.2 Å². The van der Waals surface area contributed by atoms with E-state index in [0.29, 0.717) is 29.5 Å². The number of nitrogen functional groups attached to an aromatic ring is 1. The van der Waals surface area contributed by atoms with Crippen LogP contribution in [0.5, 0.6) is 0 Å². The third-order valence-electron chi connectivity index (χ3n) is 8.32. The van der Waals surface area contributed by atoms with Gasteiger partial charge in [0.05, 0.1) is 5.56 Å². The highest BCUT2D eigenvalue weighted by Gasteiger charge is 2.29. The molecule has 1 aromatic carbocycles. The van der Waals surface area contributed by atoms with Crippen LogP contribution in [0.15, 0.2) is 79.3 Å². The minimum absolute atomic E-state index is 0.111. The zero-order valence-electron chi connectivity index (χ0n) is 23.5. The maximum atomic E-state index is 12.2. The Morgan fingerprint density at radius 2 is 1.93 bits per heavy atom. The van der Waals surface area contributed by atoms with Crippen molar-refractivity contribution in [3.05, 3.63) is 90.4 Å². The molecule has 5 aromatic rings. The summed E-state index contributed by atoms with van der Waals surface area (Å²) < 4.78 is 3.82. The summed E-state index contributed by atoms with van der Waals surface area (Å²) in [6.07, 6.45) is 12.7. The maximum absolute atomic E-state index is 12.2. The first-order valence-corrected chi connectivity index (χ1v) is 14.5. The number of likely N-dealkylation sites (tertiary alicyclic amines) is 1. The zero-order chi connectivity index (χ0) is 28.6. The highest BCUT2D eigenvalue weighted by atomic mass is 16.2. The van der Waals surface area contributed by atoms with Gasteiger partial charge in [0.2, 0.25) is 5.91 Å². The standard InChI is InChI=1S/C32H33N9O/c1-2-5-29(42)39-18-13-22(14-19-39)36-26-10-7-21-20-23(8-9-24(21)26)41-31(25-6-3-15-34-30(25)33)37-27-11-12-28(38-32(27)41)40-17-4-16-35-40/h2-6,8-9,11-12,15-17,20,22,26,36H,7,10,13-14,18-19H2,1H3,(H2,33,34)/b5-2+. The molecule has 212 valence electrons. The topological polar surface area (TPSA) is 120 Å². The fourth-order valence-corrected chi connectivity index (χ4v) is 6.23. The van der Waals surface area contributed by atoms with Crippen LogP contribution < -0.4 is 11.1 Å². The number of pyridine rings is 2. The molecule has 2 aliphatic rings. The molecular formula is C32H33N9O. The van der Waals surface area contributed by atoms with Crippen LogP contribution in [0.3, 0.4) is 0 Å². The van der Waals surface area contributed by atoms with E-state index in [1.165, 1.54) is 11.1 Å². The predicted octanol–water partition coefficient (Wildman–Crippen LogP) is 4.39. The molecule has 1 fully saturated rings. The number of aromatic nitrogens is 6. The van der Waals surface area contributed by atoms with Gasteiger partial charge in [-0.2, -0.15) is 5.10 Å². The zero-order valence-corrected chi connectivity index (χ0v) is 23.5. The van der Waals surface area contributed by atoms with E-state index in [9.17, 15) is 4.79 Å². The molecule has 7 rings (SSSR count). The smallest absolute Gasteiger partial charge is 0.246 e. The van der Waals surface area contributed by atoms with Gasteiger partial charge in [-0.05, 0) is 92.3 Å². The summed E-state index contributed by atoms with van der Waals surface area (Å²) in [4.78, 5) is 28.4. The molecule has 42 heavy (non-hydrogen) atoms. The number of nitrogens with two attached hydrogens (primary N) is 1. The van der Waals surface area contributed by atoms with E-state index >= 15 is 0 Å². The van der Waals surface area contributed by atoms with Crippen molar-refractivity contribution in [3.8, 4) is 22.9 Å². The Morgan fingerprint density at radius 3 is 2.71 bits per heavy atom. The average molecular weight is 560 g/mol. The summed E-state index contributed by atoms with van der Waals surface area (Å²) in [6.45, 7) is 3.47. The molecule has 0 spiro atoms. The third-order valence-corrected chi connectivity index (χ3v) is 8.32. The minimum Gasteiger partial charge on any atom is -0.383 e. The summed E-state index contributed by atoms with van der Waals surface area (Å²) in [5.74, 6) is 1.95. The van der Waals surface area contributed by atoms with Crippen LogP contribution in [-0.4, -0.2) is 59.2 Å². The Bertz CT molecular complexity index is 1780. The number of amides is 1. The van der Waals surface area contributed by atoms with Crippen LogP contribution in [0.2, 0.25) is 0 Å². The first kappa shape index (κ1) is 26.1. The van der Waals surface area contributed by atoms with E-state index in [1.807, 2.05) is 54.4 Å². The van der Waals surface area contributed by atoms with E-state index in [0.717, 1.165) is 61.2 Å². The lowest BCUT2D eigenvalue weighted by Crippen LogP contribution is -2.45. The number of aryl methyl sites for hydroxylation is 1. The molecular weight excluding hydrogens is 526 g/mol. The van der Waals surface area contributed by atoms with Gasteiger partial charge in [-0.1, -0.05) is 12.1 Å². The van der Waals surface area contributed by atoms with Crippen molar-refractivity contribution in [1.29, 1.82) is 0 Å². The van der Waals surface area contributed by atoms with Crippen molar-refractivity contribution < 1.29 is 4.79 Å². The number of imidazole rings is 1. The number of benzene rings is 1. The highest BCUT2D eigenvalue weighted by molar-refractivity contribution is 5.87. The van der Waals surface area contributed by atoms with Gasteiger partial charge < -0.3 is 16.0 Å². The lowest BCUT2D eigenvalue weighted by atomic mass is 10.0. The van der Waals surface area contributed by atoms with E-state index in [4.69, 9.17) is 15.7 Å². The Morgan fingerprint density at radius 1 is 1.05 bits per heavy atom. The van der Waals surface area contributed by atoms with Crippen molar-refractivity contribution >= 4 is 22.9 Å². The minimum atomic E-state index is 0.111. The highest BCUT2D eigenvalue weighted by Crippen LogP contribution is 2.36. The number of piperidine rings is 1. The Hall–Kier alpha value is -4.83. The summed E-state index contributed by atoms with van der Waals surface area (Å²) in [6, 6.07) is 16.9. The second-order valence-electron chi connectivity index (χ2n) is 10.9. The lowest BCUT2D eigenvalue weighted by Gasteiger charge is -2.33. The summed E-state index contributed by atoms with van der Waals surface area (Å²) in [5, 5.41) is 8.26. The predicted molar refractivity (Wildman–Crippen MR) is 162 cm³/mol. The third kappa shape index (κ3) is 4.73. The molecule has 0 bridgehead atoms. The molecule has 10 heteroatoms. The van der Waals surface area contributed by atoms with E-state index in [-0.39, 0.29) is 5.91 Å². The van der Waals surface area contributed by atoms with E-state index in [2.05, 4.69) is 38.2 Å². The van der Waals surface area contributed by atoms with Crippen LogP contribution in [0.4, 0.5) is 5.82 Å². The number of carbonyl (C=O) groups excluding carboxylic acids is 1. The van der Waals surface area contributed by atoms with Gasteiger partial charge >= 0.3 is 0 Å². The second kappa shape index (κ2) is 10.9. The number of hydrogen-bond acceptors (Lipinski definition) is 7. The monoisotopic (exact) mass is 559 g/mol. The Kier molecular flexibility index (Phi) is 6.75. The number of allylic oxidation sites excluding steroid dienone is 1. The molecule has 4 aromatic heterocycles. The number of nitrogens with zero attached hydrogens (tertiary/aromatic N) is 7. The van der Waals surface area contributed by atoms with Gasteiger partial charge in [-0.3, -0.25) is 9.36 Å². The molecule has 1 saturated heterocycles. The number of hydrogen-bond donors (Lipinski definition) is 2. The fraction of sp³-hybridized carbons (Fsp3) is 0.281. The van der Waals surface area contributed by atoms with Crippen molar-refractivity contribution in [1.82, 2.24) is 39.5 Å². The van der Waals surface area contributed by atoms with Gasteiger partial charge in [0.1, 0.15) is 11.3 Å².